The Hall–Kier alpha value is -0.460. The molecule has 1 aromatic heterocycles. The first-order valence-corrected chi connectivity index (χ1v) is 8.07. The Morgan fingerprint density at radius 2 is 2.25 bits per heavy atom. The minimum Gasteiger partial charge on any atom is -0.309 e. The number of rotatable bonds is 6. The zero-order valence-electron chi connectivity index (χ0n) is 9.86. The van der Waals surface area contributed by atoms with E-state index in [1.54, 1.807) is 11.3 Å². The van der Waals surface area contributed by atoms with Gasteiger partial charge in [-0.3, -0.25) is 0 Å². The second-order valence-electron chi connectivity index (χ2n) is 4.05. The molecule has 0 bridgehead atoms. The Morgan fingerprint density at radius 3 is 2.75 bits per heavy atom. The van der Waals surface area contributed by atoms with Crippen molar-refractivity contribution >= 4 is 21.2 Å². The molecular formula is C10H18N2O2S2. The predicted molar refractivity (Wildman–Crippen MR) is 67.5 cm³/mol. The topological polar surface area (TPSA) is 59.1 Å². The van der Waals surface area contributed by atoms with Gasteiger partial charge in [-0.05, 0) is 20.3 Å². The van der Waals surface area contributed by atoms with Gasteiger partial charge in [-0.15, -0.1) is 11.3 Å². The molecule has 1 aromatic rings. The maximum atomic E-state index is 11.0. The molecule has 0 aliphatic carbocycles. The summed E-state index contributed by atoms with van der Waals surface area (Å²) in [7, 11) is -2.85. The fourth-order valence-electron chi connectivity index (χ4n) is 1.25. The third-order valence-corrected chi connectivity index (χ3v) is 4.11. The molecule has 16 heavy (non-hydrogen) atoms. The molecule has 1 N–H and O–H groups in total. The molecule has 0 radical (unpaired) electrons. The number of sulfone groups is 1. The van der Waals surface area contributed by atoms with Crippen LogP contribution in [0.15, 0.2) is 6.20 Å². The molecule has 0 aromatic carbocycles. The summed E-state index contributed by atoms with van der Waals surface area (Å²) in [6, 6.07) is 0.206. The normalized spacial score (nSPS) is 13.9. The monoisotopic (exact) mass is 262 g/mol. The highest BCUT2D eigenvalue weighted by atomic mass is 32.2. The minimum atomic E-state index is -2.85. The van der Waals surface area contributed by atoms with Gasteiger partial charge in [-0.2, -0.15) is 0 Å². The second-order valence-corrected chi connectivity index (χ2v) is 7.63. The fraction of sp³-hybridized carbons (Fsp3) is 0.700. The smallest absolute Gasteiger partial charge is 0.147 e. The predicted octanol–water partition coefficient (Wildman–Crippen LogP) is 1.36. The molecule has 92 valence electrons. The molecule has 1 heterocycles. The molecule has 0 spiro atoms. The van der Waals surface area contributed by atoms with Crippen molar-refractivity contribution in [1.82, 2.24) is 10.3 Å². The summed E-state index contributed by atoms with van der Waals surface area (Å²) in [6.45, 7) is 4.73. The number of hydrogen-bond acceptors (Lipinski definition) is 5. The van der Waals surface area contributed by atoms with Crippen LogP contribution < -0.4 is 5.32 Å². The van der Waals surface area contributed by atoms with E-state index >= 15 is 0 Å². The summed E-state index contributed by atoms with van der Waals surface area (Å²) in [5, 5.41) is 4.35. The van der Waals surface area contributed by atoms with Gasteiger partial charge in [0.1, 0.15) is 9.84 Å². The molecule has 0 saturated carbocycles. The Morgan fingerprint density at radius 1 is 1.56 bits per heavy atom. The van der Waals surface area contributed by atoms with Gasteiger partial charge in [0.05, 0.1) is 10.8 Å². The van der Waals surface area contributed by atoms with Crippen LogP contribution in [0, 0.1) is 6.92 Å². The van der Waals surface area contributed by atoms with Crippen molar-refractivity contribution in [2.75, 3.05) is 12.0 Å². The molecule has 1 atom stereocenters. The van der Waals surface area contributed by atoms with E-state index in [1.165, 1.54) is 11.1 Å². The number of nitrogens with zero attached hydrogens (tertiary/aromatic N) is 1. The van der Waals surface area contributed by atoms with Crippen molar-refractivity contribution in [3.63, 3.8) is 0 Å². The van der Waals surface area contributed by atoms with Gasteiger partial charge in [0.2, 0.25) is 0 Å². The van der Waals surface area contributed by atoms with E-state index in [-0.39, 0.29) is 11.8 Å². The van der Waals surface area contributed by atoms with Crippen LogP contribution in [0.1, 0.15) is 23.2 Å². The van der Waals surface area contributed by atoms with Crippen molar-refractivity contribution in [3.05, 3.63) is 16.1 Å². The van der Waals surface area contributed by atoms with Gasteiger partial charge in [-0.1, -0.05) is 0 Å². The van der Waals surface area contributed by atoms with Crippen molar-refractivity contribution < 1.29 is 8.42 Å². The average Bonchev–Trinajstić information content (AvgIpc) is 2.57. The molecule has 6 heteroatoms. The van der Waals surface area contributed by atoms with Crippen molar-refractivity contribution in [3.8, 4) is 0 Å². The van der Waals surface area contributed by atoms with Crippen LogP contribution in [0.2, 0.25) is 0 Å². The van der Waals surface area contributed by atoms with Crippen molar-refractivity contribution in [2.45, 2.75) is 32.9 Å². The van der Waals surface area contributed by atoms with Crippen LogP contribution in [0.5, 0.6) is 0 Å². The Kier molecular flexibility index (Phi) is 4.89. The van der Waals surface area contributed by atoms with Crippen molar-refractivity contribution in [2.24, 2.45) is 0 Å². The molecule has 0 amide bonds. The number of nitrogens with one attached hydrogen (secondary N) is 1. The van der Waals surface area contributed by atoms with E-state index in [1.807, 2.05) is 20.0 Å². The lowest BCUT2D eigenvalue weighted by Gasteiger charge is -2.11. The lowest BCUT2D eigenvalue weighted by Crippen LogP contribution is -2.27. The zero-order valence-corrected chi connectivity index (χ0v) is 11.5. The number of aromatic nitrogens is 1. The molecule has 0 aliphatic heterocycles. The third kappa shape index (κ3) is 5.58. The van der Waals surface area contributed by atoms with Crippen LogP contribution in [0.4, 0.5) is 0 Å². The van der Waals surface area contributed by atoms with E-state index in [0.29, 0.717) is 6.42 Å². The first-order valence-electron chi connectivity index (χ1n) is 5.19. The minimum absolute atomic E-state index is 0.206. The van der Waals surface area contributed by atoms with Crippen LogP contribution in [0.25, 0.3) is 0 Å². The SMILES string of the molecule is Cc1ncc(CNC(C)CCS(C)(=O)=O)s1. The van der Waals surface area contributed by atoms with Crippen LogP contribution in [0.3, 0.4) is 0 Å². The third-order valence-electron chi connectivity index (χ3n) is 2.22. The van der Waals surface area contributed by atoms with Gasteiger partial charge < -0.3 is 5.32 Å². The van der Waals surface area contributed by atoms with Crippen LogP contribution in [-0.4, -0.2) is 31.5 Å². The van der Waals surface area contributed by atoms with Gasteiger partial charge in [0, 0.05) is 29.9 Å². The summed E-state index contributed by atoms with van der Waals surface area (Å²) in [6.07, 6.45) is 3.78. The highest BCUT2D eigenvalue weighted by Crippen LogP contribution is 2.11. The van der Waals surface area contributed by atoms with Crippen molar-refractivity contribution in [1.29, 1.82) is 0 Å². The summed E-state index contributed by atoms with van der Waals surface area (Å²) in [4.78, 5) is 5.35. The van der Waals surface area contributed by atoms with Gasteiger partial charge in [0.25, 0.3) is 0 Å². The average molecular weight is 262 g/mol. The molecule has 0 saturated heterocycles. The summed E-state index contributed by atoms with van der Waals surface area (Å²) < 4.78 is 22.0. The number of hydrogen-bond donors (Lipinski definition) is 1. The van der Waals surface area contributed by atoms with Crippen LogP contribution >= 0.6 is 11.3 Å². The Bertz CT molecular complexity index is 426. The molecule has 0 aliphatic rings. The Balaban J connectivity index is 2.28. The van der Waals surface area contributed by atoms with E-state index < -0.39 is 9.84 Å². The molecular weight excluding hydrogens is 244 g/mol. The highest BCUT2D eigenvalue weighted by Gasteiger charge is 2.07. The summed E-state index contributed by atoms with van der Waals surface area (Å²) >= 11 is 1.66. The lowest BCUT2D eigenvalue weighted by atomic mass is 10.2. The number of aryl methyl sites for hydroxylation is 1. The highest BCUT2D eigenvalue weighted by molar-refractivity contribution is 7.90. The first kappa shape index (κ1) is 13.6. The van der Waals surface area contributed by atoms with Gasteiger partial charge >= 0.3 is 0 Å². The molecule has 1 unspecified atom stereocenters. The van der Waals surface area contributed by atoms with Gasteiger partial charge in [-0.25, -0.2) is 13.4 Å². The maximum absolute atomic E-state index is 11.0. The van der Waals surface area contributed by atoms with E-state index in [9.17, 15) is 8.42 Å². The second kappa shape index (κ2) is 5.75. The molecule has 0 fully saturated rings. The van der Waals surface area contributed by atoms with Gasteiger partial charge in [0.15, 0.2) is 0 Å². The molecule has 4 nitrogen and oxygen atoms in total. The number of thiazole rings is 1. The maximum Gasteiger partial charge on any atom is 0.147 e. The largest absolute Gasteiger partial charge is 0.309 e. The van der Waals surface area contributed by atoms with E-state index in [4.69, 9.17) is 0 Å². The molecule has 1 rings (SSSR count). The standard InChI is InChI=1S/C10H18N2O2S2/c1-8(4-5-16(3,13)14)11-6-10-7-12-9(2)15-10/h7-8,11H,4-6H2,1-3H3. The van der Waals surface area contributed by atoms with Crippen LogP contribution in [-0.2, 0) is 16.4 Å². The van der Waals surface area contributed by atoms with E-state index in [2.05, 4.69) is 10.3 Å². The fourth-order valence-corrected chi connectivity index (χ4v) is 2.78. The Labute approximate surface area is 101 Å². The zero-order chi connectivity index (χ0) is 12.2. The quantitative estimate of drug-likeness (QED) is 0.841. The lowest BCUT2D eigenvalue weighted by molar-refractivity contribution is 0.530. The van der Waals surface area contributed by atoms with E-state index in [0.717, 1.165) is 11.6 Å². The summed E-state index contributed by atoms with van der Waals surface area (Å²) in [5.74, 6) is 0.239. The first-order chi connectivity index (χ1) is 7.37. The summed E-state index contributed by atoms with van der Waals surface area (Å²) in [5.41, 5.74) is 0.